The maximum atomic E-state index is 5.74. The van der Waals surface area contributed by atoms with Gasteiger partial charge in [0.2, 0.25) is 0 Å². The summed E-state index contributed by atoms with van der Waals surface area (Å²) in [7, 11) is 6.43. The lowest BCUT2D eigenvalue weighted by atomic mass is 9.98. The van der Waals surface area contributed by atoms with Gasteiger partial charge in [-0.1, -0.05) is 0 Å². The first-order chi connectivity index (χ1) is 5.65. The Bertz CT molecular complexity index is 136. The van der Waals surface area contributed by atoms with Gasteiger partial charge in [0.25, 0.3) is 0 Å². The summed E-state index contributed by atoms with van der Waals surface area (Å²) in [6, 6.07) is 0.565. The van der Waals surface area contributed by atoms with Crippen molar-refractivity contribution in [2.75, 3.05) is 40.8 Å². The minimum absolute atomic E-state index is 0.565. The Morgan fingerprint density at radius 2 is 2.25 bits per heavy atom. The lowest BCUT2D eigenvalue weighted by molar-refractivity contribution is 0.216. The van der Waals surface area contributed by atoms with Gasteiger partial charge in [0.15, 0.2) is 0 Å². The molecule has 1 aliphatic rings. The van der Waals surface area contributed by atoms with E-state index in [0.29, 0.717) is 6.04 Å². The molecule has 0 aromatic heterocycles. The van der Waals surface area contributed by atoms with Crippen LogP contribution in [0.1, 0.15) is 6.42 Å². The highest BCUT2D eigenvalue weighted by molar-refractivity contribution is 4.84. The summed E-state index contributed by atoms with van der Waals surface area (Å²) in [5.74, 6) is 0.773. The van der Waals surface area contributed by atoms with Crippen LogP contribution >= 0.6 is 0 Å². The summed E-state index contributed by atoms with van der Waals surface area (Å²) in [5.41, 5.74) is 5.74. The van der Waals surface area contributed by atoms with Crippen molar-refractivity contribution >= 4 is 0 Å². The van der Waals surface area contributed by atoms with Crippen LogP contribution in [0.3, 0.4) is 0 Å². The molecule has 0 bridgehead atoms. The standard InChI is InChI=1S/C9H21N3/c1-11(2)9(6-10)8-4-5-12(3)7-8/h8-9H,4-7,10H2,1-3H3. The van der Waals surface area contributed by atoms with Crippen LogP contribution in [0.15, 0.2) is 0 Å². The highest BCUT2D eigenvalue weighted by Crippen LogP contribution is 2.20. The molecule has 1 rings (SSSR count). The maximum absolute atomic E-state index is 5.74. The SMILES string of the molecule is CN1CCC(C(CN)N(C)C)C1. The van der Waals surface area contributed by atoms with Gasteiger partial charge in [-0.25, -0.2) is 0 Å². The van der Waals surface area contributed by atoms with Crippen LogP contribution in [0.25, 0.3) is 0 Å². The molecule has 0 aliphatic carbocycles. The number of likely N-dealkylation sites (tertiary alicyclic amines) is 1. The van der Waals surface area contributed by atoms with Gasteiger partial charge in [-0.3, -0.25) is 0 Å². The van der Waals surface area contributed by atoms with Crippen LogP contribution in [0.2, 0.25) is 0 Å². The zero-order valence-electron chi connectivity index (χ0n) is 8.45. The minimum Gasteiger partial charge on any atom is -0.329 e. The molecular weight excluding hydrogens is 150 g/mol. The van der Waals surface area contributed by atoms with Crippen LogP contribution in [0, 0.1) is 5.92 Å². The third kappa shape index (κ3) is 2.19. The lowest BCUT2D eigenvalue weighted by Gasteiger charge is -2.28. The summed E-state index contributed by atoms with van der Waals surface area (Å²) in [4.78, 5) is 4.64. The molecular formula is C9H21N3. The molecule has 0 spiro atoms. The lowest BCUT2D eigenvalue weighted by Crippen LogP contribution is -2.42. The average Bonchev–Trinajstić information content (AvgIpc) is 2.37. The third-order valence-corrected chi connectivity index (χ3v) is 2.88. The fraction of sp³-hybridized carbons (Fsp3) is 1.00. The number of likely N-dealkylation sites (N-methyl/N-ethyl adjacent to an activating group) is 1. The third-order valence-electron chi connectivity index (χ3n) is 2.88. The number of nitrogens with two attached hydrogens (primary N) is 1. The van der Waals surface area contributed by atoms with E-state index in [4.69, 9.17) is 5.73 Å². The Morgan fingerprint density at radius 1 is 1.58 bits per heavy atom. The van der Waals surface area contributed by atoms with E-state index in [1.54, 1.807) is 0 Å². The van der Waals surface area contributed by atoms with Crippen LogP contribution in [0.5, 0.6) is 0 Å². The van der Waals surface area contributed by atoms with Crippen LogP contribution in [-0.4, -0.2) is 56.6 Å². The molecule has 0 aromatic rings. The average molecular weight is 171 g/mol. The molecule has 0 radical (unpaired) electrons. The van der Waals surface area contributed by atoms with E-state index in [0.717, 1.165) is 12.5 Å². The van der Waals surface area contributed by atoms with Crippen molar-refractivity contribution in [1.82, 2.24) is 9.80 Å². The Balaban J connectivity index is 2.44. The van der Waals surface area contributed by atoms with Gasteiger partial charge in [0.05, 0.1) is 0 Å². The number of nitrogens with zero attached hydrogens (tertiary/aromatic N) is 2. The molecule has 12 heavy (non-hydrogen) atoms. The molecule has 3 heteroatoms. The summed E-state index contributed by atoms with van der Waals surface area (Å²) in [6.45, 7) is 3.22. The second-order valence-electron chi connectivity index (χ2n) is 4.08. The summed E-state index contributed by atoms with van der Waals surface area (Å²) in [5, 5.41) is 0. The van der Waals surface area contributed by atoms with Crippen molar-refractivity contribution in [2.45, 2.75) is 12.5 Å². The first kappa shape index (κ1) is 9.96. The number of rotatable bonds is 3. The molecule has 1 aliphatic heterocycles. The van der Waals surface area contributed by atoms with Crippen molar-refractivity contribution in [1.29, 1.82) is 0 Å². The molecule has 2 unspecified atom stereocenters. The Morgan fingerprint density at radius 3 is 2.58 bits per heavy atom. The fourth-order valence-electron chi connectivity index (χ4n) is 2.11. The summed E-state index contributed by atoms with van der Waals surface area (Å²) >= 11 is 0. The molecule has 0 saturated carbocycles. The van der Waals surface area contributed by atoms with Crippen molar-refractivity contribution in [3.8, 4) is 0 Å². The largest absolute Gasteiger partial charge is 0.329 e. The van der Waals surface area contributed by atoms with Crippen molar-refractivity contribution in [3.05, 3.63) is 0 Å². The second kappa shape index (κ2) is 4.21. The maximum Gasteiger partial charge on any atom is 0.0253 e. The monoisotopic (exact) mass is 171 g/mol. The van der Waals surface area contributed by atoms with Crippen molar-refractivity contribution < 1.29 is 0 Å². The zero-order valence-corrected chi connectivity index (χ0v) is 8.45. The first-order valence-electron chi connectivity index (χ1n) is 4.70. The van der Waals surface area contributed by atoms with E-state index < -0.39 is 0 Å². The minimum atomic E-state index is 0.565. The molecule has 3 nitrogen and oxygen atoms in total. The molecule has 0 amide bonds. The van der Waals surface area contributed by atoms with Crippen molar-refractivity contribution in [2.24, 2.45) is 11.7 Å². The smallest absolute Gasteiger partial charge is 0.0253 e. The normalized spacial score (nSPS) is 28.2. The van der Waals surface area contributed by atoms with Gasteiger partial charge < -0.3 is 15.5 Å². The zero-order chi connectivity index (χ0) is 9.14. The van der Waals surface area contributed by atoms with Gasteiger partial charge in [0.1, 0.15) is 0 Å². The van der Waals surface area contributed by atoms with E-state index in [-0.39, 0.29) is 0 Å². The number of hydrogen-bond donors (Lipinski definition) is 1. The van der Waals surface area contributed by atoms with Crippen LogP contribution in [0.4, 0.5) is 0 Å². The molecule has 72 valence electrons. The van der Waals surface area contributed by atoms with E-state index in [1.165, 1.54) is 19.5 Å². The van der Waals surface area contributed by atoms with Gasteiger partial charge in [-0.2, -0.15) is 0 Å². The molecule has 1 heterocycles. The van der Waals surface area contributed by atoms with E-state index in [2.05, 4.69) is 30.9 Å². The summed E-state index contributed by atoms with van der Waals surface area (Å²) in [6.07, 6.45) is 1.30. The predicted molar refractivity (Wildman–Crippen MR) is 52.1 cm³/mol. The fourth-order valence-corrected chi connectivity index (χ4v) is 2.11. The van der Waals surface area contributed by atoms with E-state index in [9.17, 15) is 0 Å². The quantitative estimate of drug-likeness (QED) is 0.640. The topological polar surface area (TPSA) is 32.5 Å². The van der Waals surface area contributed by atoms with E-state index in [1.807, 2.05) is 0 Å². The van der Waals surface area contributed by atoms with Gasteiger partial charge in [0, 0.05) is 19.1 Å². The molecule has 1 fully saturated rings. The van der Waals surface area contributed by atoms with Crippen LogP contribution in [-0.2, 0) is 0 Å². The first-order valence-corrected chi connectivity index (χ1v) is 4.70. The van der Waals surface area contributed by atoms with Crippen molar-refractivity contribution in [3.63, 3.8) is 0 Å². The Hall–Kier alpha value is -0.120. The van der Waals surface area contributed by atoms with Gasteiger partial charge in [-0.05, 0) is 40.0 Å². The highest BCUT2D eigenvalue weighted by atomic mass is 15.2. The second-order valence-corrected chi connectivity index (χ2v) is 4.08. The Labute approximate surface area is 75.5 Å². The Kier molecular flexibility index (Phi) is 3.50. The highest BCUT2D eigenvalue weighted by Gasteiger charge is 2.27. The molecule has 2 N–H and O–H groups in total. The molecule has 1 saturated heterocycles. The summed E-state index contributed by atoms with van der Waals surface area (Å²) < 4.78 is 0. The number of hydrogen-bond acceptors (Lipinski definition) is 3. The predicted octanol–water partition coefficient (Wildman–Crippen LogP) is -0.173. The molecule has 0 aromatic carbocycles. The van der Waals surface area contributed by atoms with E-state index >= 15 is 0 Å². The van der Waals surface area contributed by atoms with Crippen LogP contribution < -0.4 is 5.73 Å². The van der Waals surface area contributed by atoms with Gasteiger partial charge in [-0.15, -0.1) is 0 Å². The van der Waals surface area contributed by atoms with Gasteiger partial charge >= 0.3 is 0 Å². The molecule has 2 atom stereocenters.